The molecule has 4 aromatic rings. The molecule has 1 amide bonds. The Morgan fingerprint density at radius 2 is 1.97 bits per heavy atom. The van der Waals surface area contributed by atoms with Gasteiger partial charge in [-0.05, 0) is 59.0 Å². The zero-order valence-electron chi connectivity index (χ0n) is 16.2. The van der Waals surface area contributed by atoms with E-state index in [1.807, 2.05) is 41.3 Å². The number of amides is 1. The molecule has 150 valence electrons. The molecule has 0 fully saturated rings. The van der Waals surface area contributed by atoms with Crippen molar-refractivity contribution in [3.8, 4) is 0 Å². The maximum Gasteiger partial charge on any atom is 0.227 e. The van der Waals surface area contributed by atoms with E-state index >= 15 is 0 Å². The van der Waals surface area contributed by atoms with Gasteiger partial charge in [0.25, 0.3) is 0 Å². The van der Waals surface area contributed by atoms with Gasteiger partial charge in [0.05, 0.1) is 12.5 Å². The van der Waals surface area contributed by atoms with E-state index in [9.17, 15) is 9.18 Å². The number of nitrogens with one attached hydrogen (secondary N) is 1. The lowest BCUT2D eigenvalue weighted by Gasteiger charge is -2.38. The van der Waals surface area contributed by atoms with Crippen molar-refractivity contribution in [2.45, 2.75) is 18.9 Å². The molecular formula is C25H20ClFN2O. The van der Waals surface area contributed by atoms with Crippen LogP contribution in [0.5, 0.6) is 0 Å². The lowest BCUT2D eigenvalue weighted by Crippen LogP contribution is -2.41. The lowest BCUT2D eigenvalue weighted by molar-refractivity contribution is -0.132. The number of nitrogens with zero attached hydrogens (tertiary/aromatic N) is 1. The number of rotatable bonds is 3. The highest BCUT2D eigenvalue weighted by Gasteiger charge is 2.32. The lowest BCUT2D eigenvalue weighted by atomic mass is 9.88. The summed E-state index contributed by atoms with van der Waals surface area (Å²) in [5.41, 5.74) is 5.01. The van der Waals surface area contributed by atoms with Crippen LogP contribution in [0.3, 0.4) is 0 Å². The average molecular weight is 419 g/mol. The maximum atomic E-state index is 13.8. The van der Waals surface area contributed by atoms with Gasteiger partial charge in [0.2, 0.25) is 5.91 Å². The fourth-order valence-electron chi connectivity index (χ4n) is 4.43. The van der Waals surface area contributed by atoms with Gasteiger partial charge in [0.15, 0.2) is 0 Å². The van der Waals surface area contributed by atoms with Crippen LogP contribution in [-0.4, -0.2) is 22.3 Å². The molecule has 5 rings (SSSR count). The summed E-state index contributed by atoms with van der Waals surface area (Å²) in [5.74, 6) is -0.292. The van der Waals surface area contributed by atoms with E-state index in [2.05, 4.69) is 17.1 Å². The van der Waals surface area contributed by atoms with Gasteiger partial charge in [-0.25, -0.2) is 4.39 Å². The van der Waals surface area contributed by atoms with Crippen molar-refractivity contribution >= 4 is 28.4 Å². The number of fused-ring (bicyclic) bond motifs is 2. The van der Waals surface area contributed by atoms with Crippen LogP contribution in [0.25, 0.3) is 10.9 Å². The number of hydrogen-bond acceptors (Lipinski definition) is 1. The van der Waals surface area contributed by atoms with Gasteiger partial charge in [-0.2, -0.15) is 0 Å². The molecule has 3 aromatic carbocycles. The van der Waals surface area contributed by atoms with Gasteiger partial charge in [-0.3, -0.25) is 4.79 Å². The molecular weight excluding hydrogens is 399 g/mol. The Hall–Kier alpha value is -3.11. The second-order valence-corrected chi connectivity index (χ2v) is 8.11. The van der Waals surface area contributed by atoms with Gasteiger partial charge < -0.3 is 9.88 Å². The Labute approximate surface area is 179 Å². The monoisotopic (exact) mass is 418 g/mol. The number of H-pyrrole nitrogens is 1. The number of halogens is 2. The molecule has 0 saturated carbocycles. The van der Waals surface area contributed by atoms with Crippen LogP contribution >= 0.6 is 11.6 Å². The number of benzene rings is 3. The smallest absolute Gasteiger partial charge is 0.227 e. The number of hydrogen-bond donors (Lipinski definition) is 1. The van der Waals surface area contributed by atoms with Gasteiger partial charge in [0.1, 0.15) is 5.82 Å². The second kappa shape index (κ2) is 7.62. The van der Waals surface area contributed by atoms with Crippen LogP contribution in [0.15, 0.2) is 72.9 Å². The number of carbonyl (C=O) groups is 1. The fourth-order valence-corrected chi connectivity index (χ4v) is 4.63. The van der Waals surface area contributed by atoms with Crippen molar-refractivity contribution < 1.29 is 9.18 Å². The number of aromatic amines is 1. The largest absolute Gasteiger partial charge is 0.361 e. The van der Waals surface area contributed by atoms with Gasteiger partial charge in [0, 0.05) is 28.7 Å². The van der Waals surface area contributed by atoms with E-state index in [0.717, 1.165) is 34.0 Å². The molecule has 0 radical (unpaired) electrons. The summed E-state index contributed by atoms with van der Waals surface area (Å²) in [6.07, 6.45) is 2.82. The molecule has 0 aliphatic carbocycles. The first-order valence-electron chi connectivity index (χ1n) is 9.98. The van der Waals surface area contributed by atoms with Crippen LogP contribution in [0.1, 0.15) is 28.3 Å². The highest BCUT2D eigenvalue weighted by atomic mass is 35.5. The SMILES string of the molecule is O=C(Cc1c[nH]c2ccc(F)cc12)N1CCc2ccccc2C1c1cccc(Cl)c1. The zero-order chi connectivity index (χ0) is 20.7. The molecule has 0 bridgehead atoms. The Morgan fingerprint density at radius 3 is 2.83 bits per heavy atom. The molecule has 1 aliphatic rings. The minimum atomic E-state index is -0.306. The summed E-state index contributed by atoms with van der Waals surface area (Å²) in [6.45, 7) is 0.629. The molecule has 30 heavy (non-hydrogen) atoms. The standard InChI is InChI=1S/C25H20ClFN2O/c26-19-6-3-5-17(12-19)25-21-7-2-1-4-16(21)10-11-29(25)24(30)13-18-15-28-23-9-8-20(27)14-22(18)23/h1-9,12,14-15,25,28H,10-11,13H2. The van der Waals surface area contributed by atoms with Crippen molar-refractivity contribution in [1.29, 1.82) is 0 Å². The normalized spacial score (nSPS) is 15.9. The predicted octanol–water partition coefficient (Wildman–Crippen LogP) is 5.68. The molecule has 1 N–H and O–H groups in total. The Balaban J connectivity index is 1.53. The summed E-state index contributed by atoms with van der Waals surface area (Å²) in [5, 5.41) is 1.40. The van der Waals surface area contributed by atoms with E-state index in [4.69, 9.17) is 11.6 Å². The maximum absolute atomic E-state index is 13.8. The van der Waals surface area contributed by atoms with Gasteiger partial charge >= 0.3 is 0 Å². The summed E-state index contributed by atoms with van der Waals surface area (Å²) >= 11 is 6.27. The summed E-state index contributed by atoms with van der Waals surface area (Å²) in [4.78, 5) is 18.5. The molecule has 2 heterocycles. The summed E-state index contributed by atoms with van der Waals surface area (Å²) in [7, 11) is 0. The Bertz CT molecular complexity index is 1250. The molecule has 0 spiro atoms. The van der Waals surface area contributed by atoms with E-state index in [1.54, 1.807) is 12.3 Å². The number of carbonyl (C=O) groups excluding carboxylic acids is 1. The Kier molecular flexibility index (Phi) is 4.80. The third-order valence-electron chi connectivity index (χ3n) is 5.84. The van der Waals surface area contributed by atoms with E-state index in [0.29, 0.717) is 11.6 Å². The van der Waals surface area contributed by atoms with Crippen LogP contribution in [0.4, 0.5) is 4.39 Å². The molecule has 1 aliphatic heterocycles. The molecule has 1 atom stereocenters. The minimum absolute atomic E-state index is 0.0136. The van der Waals surface area contributed by atoms with Crippen molar-refractivity contribution in [2.24, 2.45) is 0 Å². The van der Waals surface area contributed by atoms with Crippen molar-refractivity contribution in [1.82, 2.24) is 9.88 Å². The third-order valence-corrected chi connectivity index (χ3v) is 6.07. The molecule has 3 nitrogen and oxygen atoms in total. The second-order valence-electron chi connectivity index (χ2n) is 7.67. The van der Waals surface area contributed by atoms with Crippen LogP contribution < -0.4 is 0 Å². The highest BCUT2D eigenvalue weighted by molar-refractivity contribution is 6.30. The summed E-state index contributed by atoms with van der Waals surface area (Å²) < 4.78 is 13.8. The Morgan fingerprint density at radius 1 is 1.10 bits per heavy atom. The number of aromatic nitrogens is 1. The van der Waals surface area contributed by atoms with Crippen molar-refractivity contribution in [3.63, 3.8) is 0 Å². The minimum Gasteiger partial charge on any atom is -0.361 e. The average Bonchev–Trinajstić information content (AvgIpc) is 3.14. The van der Waals surface area contributed by atoms with Gasteiger partial charge in [-0.15, -0.1) is 0 Å². The van der Waals surface area contributed by atoms with Crippen LogP contribution in [-0.2, 0) is 17.6 Å². The highest BCUT2D eigenvalue weighted by Crippen LogP contribution is 2.36. The molecule has 0 saturated heterocycles. The molecule has 5 heteroatoms. The first-order valence-corrected chi connectivity index (χ1v) is 10.4. The van der Waals surface area contributed by atoms with Crippen LogP contribution in [0.2, 0.25) is 5.02 Å². The van der Waals surface area contributed by atoms with Crippen molar-refractivity contribution in [2.75, 3.05) is 6.54 Å². The zero-order valence-corrected chi connectivity index (χ0v) is 17.0. The van der Waals surface area contributed by atoms with Crippen molar-refractivity contribution in [3.05, 3.63) is 106 Å². The molecule has 1 unspecified atom stereocenters. The fraction of sp³-hybridized carbons (Fsp3) is 0.160. The predicted molar refractivity (Wildman–Crippen MR) is 117 cm³/mol. The summed E-state index contributed by atoms with van der Waals surface area (Å²) in [6, 6.07) is 20.3. The van der Waals surface area contributed by atoms with Gasteiger partial charge in [-0.1, -0.05) is 48.0 Å². The van der Waals surface area contributed by atoms with E-state index < -0.39 is 0 Å². The van der Waals surface area contributed by atoms with E-state index in [-0.39, 0.29) is 24.2 Å². The third kappa shape index (κ3) is 3.37. The van der Waals surface area contributed by atoms with E-state index in [1.165, 1.54) is 17.7 Å². The molecule has 1 aromatic heterocycles. The first-order chi connectivity index (χ1) is 14.6. The quantitative estimate of drug-likeness (QED) is 0.456. The van der Waals surface area contributed by atoms with Crippen LogP contribution in [0, 0.1) is 5.82 Å². The first kappa shape index (κ1) is 18.9. The topological polar surface area (TPSA) is 36.1 Å².